The van der Waals surface area contributed by atoms with E-state index in [1.54, 1.807) is 72.8 Å². The van der Waals surface area contributed by atoms with E-state index in [1.807, 2.05) is 60.7 Å². The number of allylic oxidation sites excluding steroid dienone is 3. The summed E-state index contributed by atoms with van der Waals surface area (Å²) in [4.78, 5) is 40.2. The van der Waals surface area contributed by atoms with E-state index < -0.39 is 11.9 Å². The van der Waals surface area contributed by atoms with Crippen LogP contribution in [-0.2, 0) is 38.6 Å². The van der Waals surface area contributed by atoms with Gasteiger partial charge in [-0.2, -0.15) is 0 Å². The van der Waals surface area contributed by atoms with Crippen molar-refractivity contribution in [2.75, 3.05) is 93.1 Å². The van der Waals surface area contributed by atoms with Gasteiger partial charge in [-0.25, -0.2) is 14.4 Å². The number of carboxylic acid groups (broad SMARTS) is 2. The molecule has 0 amide bonds. The second-order valence-electron chi connectivity index (χ2n) is 18.5. The summed E-state index contributed by atoms with van der Waals surface area (Å²) >= 11 is 0. The van der Waals surface area contributed by atoms with Gasteiger partial charge in [-0.05, 0) is 143 Å². The van der Waals surface area contributed by atoms with Gasteiger partial charge in [0.15, 0.2) is 0 Å². The van der Waals surface area contributed by atoms with E-state index in [9.17, 15) is 14.4 Å². The van der Waals surface area contributed by atoms with Crippen LogP contribution in [0.15, 0.2) is 164 Å². The van der Waals surface area contributed by atoms with Crippen molar-refractivity contribution in [3.8, 4) is 35.5 Å². The molecule has 14 nitrogen and oxygen atoms in total. The number of esters is 1. The van der Waals surface area contributed by atoms with Crippen molar-refractivity contribution in [2.24, 2.45) is 0 Å². The van der Waals surface area contributed by atoms with Gasteiger partial charge in [-0.1, -0.05) is 108 Å². The van der Waals surface area contributed by atoms with Crippen molar-refractivity contribution in [3.05, 3.63) is 231 Å². The number of hydrogen-bond donors (Lipinski definition) is 3. The summed E-state index contributed by atoms with van der Waals surface area (Å²) in [5, 5.41) is 24.8. The smallest absolute Gasteiger partial charge is 0.870 e. The number of morpholine rings is 3. The molecule has 0 saturated carbocycles. The summed E-state index contributed by atoms with van der Waals surface area (Å²) in [7, 11) is 2.38. The molecule has 3 saturated heterocycles. The Morgan fingerprint density at radius 3 is 0.928 bits per heavy atom. The SMILES string of the molecule is CO.COC(=O)c1ccc(C=CC#Cc2ccc(CN3CCOCC3)cc2)cc1.O=C(O)c1ccc(/C=C/C#Cc2ccc(CN3CCOCC3)cc2)cc1.O=C(O)c1ccc(/C=C\C#Cc2ccc(CN3CCOCC3)cc2)cc1.[Na+].[OH-]. The summed E-state index contributed by atoms with van der Waals surface area (Å²) in [5.41, 5.74) is 10.7. The third-order valence-corrected chi connectivity index (χ3v) is 12.8. The quantitative estimate of drug-likeness (QED) is 0.0697. The number of ether oxygens (including phenoxy) is 4. The third kappa shape index (κ3) is 25.6. The first-order chi connectivity index (χ1) is 39.6. The first kappa shape index (κ1) is 67.8. The number of hydrogen-bond acceptors (Lipinski definition) is 12. The Balaban J connectivity index is 0.000000260. The Bertz CT molecular complexity index is 3040. The van der Waals surface area contributed by atoms with Gasteiger partial charge in [0.1, 0.15) is 0 Å². The van der Waals surface area contributed by atoms with Crippen LogP contribution in [0.2, 0.25) is 0 Å². The van der Waals surface area contributed by atoms with Crippen molar-refractivity contribution in [1.29, 1.82) is 0 Å². The summed E-state index contributed by atoms with van der Waals surface area (Å²) in [6.45, 7) is 13.7. The number of aromatic carboxylic acids is 2. The van der Waals surface area contributed by atoms with Gasteiger partial charge in [0.2, 0.25) is 0 Å². The van der Waals surface area contributed by atoms with Gasteiger partial charge in [-0.3, -0.25) is 14.7 Å². The molecule has 0 aromatic heterocycles. The van der Waals surface area contributed by atoms with Crippen molar-refractivity contribution < 1.29 is 83.7 Å². The molecule has 0 atom stereocenters. The number of nitrogens with zero attached hydrogens (tertiary/aromatic N) is 3. The van der Waals surface area contributed by atoms with E-state index in [0.717, 1.165) is 139 Å². The molecule has 3 fully saturated rings. The van der Waals surface area contributed by atoms with E-state index in [4.69, 9.17) is 29.5 Å². The number of carbonyl (C=O) groups is 3. The van der Waals surface area contributed by atoms with E-state index in [0.29, 0.717) is 5.56 Å². The molecule has 424 valence electrons. The molecule has 0 spiro atoms. The maximum Gasteiger partial charge on any atom is 1.00 e. The maximum atomic E-state index is 11.4. The minimum absolute atomic E-state index is 0. The van der Waals surface area contributed by atoms with Crippen LogP contribution in [0.1, 0.15) is 81.1 Å². The fraction of sp³-hybridized carbons (Fsp3) is 0.250. The molecule has 6 aromatic rings. The Kier molecular flexibility index (Phi) is 31.8. The van der Waals surface area contributed by atoms with Crippen LogP contribution in [0.5, 0.6) is 0 Å². The van der Waals surface area contributed by atoms with E-state index in [2.05, 4.69) is 103 Å². The third-order valence-electron chi connectivity index (χ3n) is 12.8. The van der Waals surface area contributed by atoms with Crippen molar-refractivity contribution in [1.82, 2.24) is 14.7 Å². The molecular weight excluding hydrogens is 1060 g/mol. The number of aliphatic hydroxyl groups excluding tert-OH is 1. The second-order valence-corrected chi connectivity index (χ2v) is 18.5. The van der Waals surface area contributed by atoms with Crippen molar-refractivity contribution in [2.45, 2.75) is 19.6 Å². The zero-order valence-corrected chi connectivity index (χ0v) is 49.4. The number of rotatable bonds is 12. The molecular formula is C68H70N3NaO11. The van der Waals surface area contributed by atoms with Gasteiger partial charge in [-0.15, -0.1) is 0 Å². The minimum atomic E-state index is -0.919. The van der Waals surface area contributed by atoms with Crippen LogP contribution in [0.3, 0.4) is 0 Å². The first-order valence-electron chi connectivity index (χ1n) is 26.7. The summed E-state index contributed by atoms with van der Waals surface area (Å²) < 4.78 is 20.8. The number of carboxylic acids is 2. The first-order valence-corrected chi connectivity index (χ1v) is 26.7. The van der Waals surface area contributed by atoms with Gasteiger partial charge in [0, 0.05) is 82.7 Å². The van der Waals surface area contributed by atoms with Gasteiger partial charge in [0.25, 0.3) is 0 Å². The Hall–Kier alpha value is -7.69. The summed E-state index contributed by atoms with van der Waals surface area (Å²) in [5.74, 6) is 16.3. The molecule has 9 rings (SSSR count). The number of benzene rings is 6. The monoisotopic (exact) mass is 1130 g/mol. The molecule has 6 aromatic carbocycles. The summed E-state index contributed by atoms with van der Waals surface area (Å²) in [6.07, 6.45) is 11.0. The zero-order chi connectivity index (χ0) is 57.3. The van der Waals surface area contributed by atoms with Gasteiger partial charge >= 0.3 is 47.5 Å². The predicted molar refractivity (Wildman–Crippen MR) is 320 cm³/mol. The molecule has 3 heterocycles. The van der Waals surface area contributed by atoms with E-state index in [-0.39, 0.29) is 52.1 Å². The number of carbonyl (C=O) groups excluding carboxylic acids is 1. The molecule has 3 aliphatic rings. The number of methoxy groups -OCH3 is 1. The zero-order valence-electron chi connectivity index (χ0n) is 47.4. The average molecular weight is 1130 g/mol. The van der Waals surface area contributed by atoms with Crippen molar-refractivity contribution >= 4 is 36.1 Å². The second kappa shape index (κ2) is 38.9. The average Bonchev–Trinajstić information content (AvgIpc) is 3.53. The standard InChI is InChI=1S/C23H23NO3.2C22H21NO3.CH4O.Na.H2O/c1-26-23(25)22-12-10-20(11-13-22)5-3-2-4-19-6-8-21(9-7-19)18-24-14-16-27-17-15-24;2*24-22(25)21-11-9-19(10-12-21)4-2-1-3-18-5-7-20(8-6-18)17-23-13-15-26-16-14-23;1-2;;/h3,5-13H,14-18H2,1H3;2*2,4-12H,13-17H2,(H,24,25);2H,1H3;;1H2/q;;;;+1;/p-1/b;4-2+;4-2-;;;. The molecule has 83 heavy (non-hydrogen) atoms. The van der Waals surface area contributed by atoms with Crippen LogP contribution in [0.25, 0.3) is 18.2 Å². The Labute approximate surface area is 510 Å². The fourth-order valence-electron chi connectivity index (χ4n) is 8.24. The topological polar surface area (TPSA) is 189 Å². The maximum absolute atomic E-state index is 11.4. The molecule has 15 heteroatoms. The molecule has 4 N–H and O–H groups in total. The normalized spacial score (nSPS) is 14.1. The Morgan fingerprint density at radius 1 is 0.434 bits per heavy atom. The number of aliphatic hydroxyl groups is 1. The molecule has 3 aliphatic heterocycles. The molecule has 0 aliphatic carbocycles. The van der Waals surface area contributed by atoms with Crippen LogP contribution < -0.4 is 29.6 Å². The Morgan fingerprint density at radius 2 is 0.687 bits per heavy atom. The van der Waals surface area contributed by atoms with Gasteiger partial charge in [0.05, 0.1) is 63.4 Å². The van der Waals surface area contributed by atoms with E-state index >= 15 is 0 Å². The molecule has 0 bridgehead atoms. The summed E-state index contributed by atoms with van der Waals surface area (Å²) in [6, 6.07) is 45.6. The largest absolute Gasteiger partial charge is 1.00 e. The van der Waals surface area contributed by atoms with Crippen LogP contribution in [0, 0.1) is 35.5 Å². The van der Waals surface area contributed by atoms with E-state index in [1.165, 1.54) is 23.8 Å². The predicted octanol–water partition coefficient (Wildman–Crippen LogP) is 6.37. The molecule has 0 radical (unpaired) electrons. The molecule has 0 unspecified atom stereocenters. The fourth-order valence-corrected chi connectivity index (χ4v) is 8.24. The van der Waals surface area contributed by atoms with Gasteiger partial charge < -0.3 is 39.7 Å². The van der Waals surface area contributed by atoms with Crippen LogP contribution in [-0.4, -0.2) is 147 Å². The van der Waals surface area contributed by atoms with Crippen LogP contribution in [0.4, 0.5) is 0 Å². The van der Waals surface area contributed by atoms with Crippen molar-refractivity contribution in [3.63, 3.8) is 0 Å². The van der Waals surface area contributed by atoms with Crippen LogP contribution >= 0.6 is 0 Å². The minimum Gasteiger partial charge on any atom is -0.870 e.